The molecule has 0 radical (unpaired) electrons. The highest BCUT2D eigenvalue weighted by Crippen LogP contribution is 2.28. The van der Waals surface area contributed by atoms with Crippen molar-refractivity contribution in [1.82, 2.24) is 10.1 Å². The van der Waals surface area contributed by atoms with Gasteiger partial charge < -0.3 is 15.0 Å². The SMILES string of the molecule is CCCC(OC)c1noc(CC(N)C2CCCC2)n1. The van der Waals surface area contributed by atoms with Gasteiger partial charge in [-0.15, -0.1) is 0 Å². The van der Waals surface area contributed by atoms with E-state index in [1.807, 2.05) is 0 Å². The summed E-state index contributed by atoms with van der Waals surface area (Å²) >= 11 is 0. The summed E-state index contributed by atoms with van der Waals surface area (Å²) in [5.74, 6) is 1.91. The Hall–Kier alpha value is -0.940. The van der Waals surface area contributed by atoms with Crippen LogP contribution >= 0.6 is 0 Å². The molecule has 0 spiro atoms. The number of hydrogen-bond acceptors (Lipinski definition) is 5. The molecule has 5 nitrogen and oxygen atoms in total. The largest absolute Gasteiger partial charge is 0.373 e. The average Bonchev–Trinajstić information content (AvgIpc) is 3.06. The number of ether oxygens (including phenoxy) is 1. The Morgan fingerprint density at radius 2 is 2.16 bits per heavy atom. The van der Waals surface area contributed by atoms with Crippen LogP contribution in [0.25, 0.3) is 0 Å². The van der Waals surface area contributed by atoms with Gasteiger partial charge in [0.1, 0.15) is 6.10 Å². The molecular formula is C14H25N3O2. The van der Waals surface area contributed by atoms with E-state index in [0.717, 1.165) is 12.8 Å². The van der Waals surface area contributed by atoms with E-state index >= 15 is 0 Å². The lowest BCUT2D eigenvalue weighted by Gasteiger charge is -2.16. The van der Waals surface area contributed by atoms with Crippen molar-refractivity contribution in [2.45, 2.75) is 64.0 Å². The van der Waals surface area contributed by atoms with Crippen LogP contribution in [0.3, 0.4) is 0 Å². The van der Waals surface area contributed by atoms with E-state index in [1.54, 1.807) is 7.11 Å². The second-order valence-corrected chi connectivity index (χ2v) is 5.47. The van der Waals surface area contributed by atoms with Crippen molar-refractivity contribution in [1.29, 1.82) is 0 Å². The molecule has 19 heavy (non-hydrogen) atoms. The highest BCUT2D eigenvalue weighted by molar-refractivity contribution is 4.94. The van der Waals surface area contributed by atoms with Gasteiger partial charge in [-0.25, -0.2) is 0 Å². The number of aromatic nitrogens is 2. The van der Waals surface area contributed by atoms with E-state index in [1.165, 1.54) is 25.7 Å². The van der Waals surface area contributed by atoms with Crippen LogP contribution in [-0.2, 0) is 11.2 Å². The summed E-state index contributed by atoms with van der Waals surface area (Å²) in [7, 11) is 1.68. The maximum Gasteiger partial charge on any atom is 0.228 e. The molecule has 1 aliphatic carbocycles. The minimum absolute atomic E-state index is 0.0646. The summed E-state index contributed by atoms with van der Waals surface area (Å²) < 4.78 is 10.7. The molecule has 1 fully saturated rings. The minimum Gasteiger partial charge on any atom is -0.373 e. The van der Waals surface area contributed by atoms with Gasteiger partial charge in [-0.1, -0.05) is 31.3 Å². The lowest BCUT2D eigenvalue weighted by molar-refractivity contribution is 0.0854. The fraction of sp³-hybridized carbons (Fsp3) is 0.857. The van der Waals surface area contributed by atoms with Gasteiger partial charge in [0.15, 0.2) is 0 Å². The van der Waals surface area contributed by atoms with Gasteiger partial charge in [0.25, 0.3) is 0 Å². The van der Waals surface area contributed by atoms with Crippen LogP contribution in [0.2, 0.25) is 0 Å². The normalized spacial score (nSPS) is 19.7. The fourth-order valence-corrected chi connectivity index (χ4v) is 2.85. The van der Waals surface area contributed by atoms with Gasteiger partial charge in [0, 0.05) is 19.6 Å². The molecule has 2 unspecified atom stereocenters. The lowest BCUT2D eigenvalue weighted by atomic mass is 9.96. The van der Waals surface area contributed by atoms with Crippen LogP contribution < -0.4 is 5.73 Å². The molecule has 108 valence electrons. The van der Waals surface area contributed by atoms with E-state index in [-0.39, 0.29) is 12.1 Å². The minimum atomic E-state index is -0.0646. The molecule has 1 saturated carbocycles. The van der Waals surface area contributed by atoms with E-state index < -0.39 is 0 Å². The number of methoxy groups -OCH3 is 1. The zero-order chi connectivity index (χ0) is 13.7. The van der Waals surface area contributed by atoms with Crippen LogP contribution in [0.5, 0.6) is 0 Å². The third-order valence-corrected chi connectivity index (χ3v) is 4.02. The Morgan fingerprint density at radius 3 is 2.79 bits per heavy atom. The van der Waals surface area contributed by atoms with Crippen LogP contribution in [0.1, 0.15) is 63.3 Å². The summed E-state index contributed by atoms with van der Waals surface area (Å²) in [6, 6.07) is 0.142. The van der Waals surface area contributed by atoms with Crippen molar-refractivity contribution in [3.05, 3.63) is 11.7 Å². The Balaban J connectivity index is 1.92. The Bertz CT molecular complexity index is 375. The quantitative estimate of drug-likeness (QED) is 0.822. The smallest absolute Gasteiger partial charge is 0.228 e. The van der Waals surface area contributed by atoms with Crippen LogP contribution in [0, 0.1) is 5.92 Å². The van der Waals surface area contributed by atoms with Crippen molar-refractivity contribution in [3.8, 4) is 0 Å². The van der Waals surface area contributed by atoms with Crippen molar-refractivity contribution in [2.75, 3.05) is 7.11 Å². The number of nitrogens with zero attached hydrogens (tertiary/aromatic N) is 2. The number of nitrogens with two attached hydrogens (primary N) is 1. The number of rotatable bonds is 7. The van der Waals surface area contributed by atoms with Gasteiger partial charge in [0.05, 0.1) is 0 Å². The van der Waals surface area contributed by atoms with Crippen LogP contribution in [-0.4, -0.2) is 23.3 Å². The fourth-order valence-electron chi connectivity index (χ4n) is 2.85. The molecule has 0 amide bonds. The van der Waals surface area contributed by atoms with Gasteiger partial charge in [-0.05, 0) is 25.2 Å². The predicted molar refractivity (Wildman–Crippen MR) is 72.6 cm³/mol. The zero-order valence-corrected chi connectivity index (χ0v) is 12.0. The molecular weight excluding hydrogens is 242 g/mol. The molecule has 1 heterocycles. The first-order valence-corrected chi connectivity index (χ1v) is 7.35. The van der Waals surface area contributed by atoms with E-state index in [0.29, 0.717) is 24.1 Å². The summed E-state index contributed by atoms with van der Waals surface area (Å²) in [5, 5.41) is 4.02. The first-order chi connectivity index (χ1) is 9.24. The lowest BCUT2D eigenvalue weighted by Crippen LogP contribution is -2.30. The molecule has 1 aromatic heterocycles. The molecule has 0 aromatic carbocycles. The van der Waals surface area contributed by atoms with E-state index in [4.69, 9.17) is 15.0 Å². The Kier molecular flexibility index (Phi) is 5.34. The van der Waals surface area contributed by atoms with Crippen molar-refractivity contribution in [3.63, 3.8) is 0 Å². The summed E-state index contributed by atoms with van der Waals surface area (Å²) in [4.78, 5) is 4.43. The van der Waals surface area contributed by atoms with Crippen LogP contribution in [0.15, 0.2) is 4.52 Å². The maximum absolute atomic E-state index is 6.23. The number of hydrogen-bond donors (Lipinski definition) is 1. The molecule has 2 rings (SSSR count). The van der Waals surface area contributed by atoms with Gasteiger partial charge >= 0.3 is 0 Å². The molecule has 0 aliphatic heterocycles. The van der Waals surface area contributed by atoms with E-state index in [2.05, 4.69) is 17.1 Å². The summed E-state index contributed by atoms with van der Waals surface area (Å²) in [6.07, 6.45) is 7.63. The maximum atomic E-state index is 6.23. The standard InChI is InChI=1S/C14H25N3O2/c1-3-6-12(18-2)14-16-13(19-17-14)9-11(15)10-7-4-5-8-10/h10-12H,3-9,15H2,1-2H3. The van der Waals surface area contributed by atoms with E-state index in [9.17, 15) is 0 Å². The van der Waals surface area contributed by atoms with Crippen molar-refractivity contribution in [2.24, 2.45) is 11.7 Å². The highest BCUT2D eigenvalue weighted by Gasteiger charge is 2.25. The first kappa shape index (κ1) is 14.5. The van der Waals surface area contributed by atoms with Crippen LogP contribution in [0.4, 0.5) is 0 Å². The Morgan fingerprint density at radius 1 is 1.42 bits per heavy atom. The summed E-state index contributed by atoms with van der Waals surface area (Å²) in [5.41, 5.74) is 6.23. The highest BCUT2D eigenvalue weighted by atomic mass is 16.5. The molecule has 1 aromatic rings. The molecule has 2 atom stereocenters. The first-order valence-electron chi connectivity index (χ1n) is 7.35. The van der Waals surface area contributed by atoms with Crippen molar-refractivity contribution < 1.29 is 9.26 Å². The molecule has 0 bridgehead atoms. The average molecular weight is 267 g/mol. The van der Waals surface area contributed by atoms with Gasteiger partial charge in [-0.3, -0.25) is 0 Å². The third-order valence-electron chi connectivity index (χ3n) is 4.02. The molecule has 2 N–H and O–H groups in total. The van der Waals surface area contributed by atoms with Crippen molar-refractivity contribution >= 4 is 0 Å². The Labute approximate surface area is 114 Å². The second kappa shape index (κ2) is 7.01. The predicted octanol–water partition coefficient (Wildman–Crippen LogP) is 2.62. The second-order valence-electron chi connectivity index (χ2n) is 5.47. The molecule has 0 saturated heterocycles. The zero-order valence-electron chi connectivity index (χ0n) is 12.0. The van der Waals surface area contributed by atoms with Gasteiger partial charge in [-0.2, -0.15) is 4.98 Å². The third kappa shape index (κ3) is 3.76. The summed E-state index contributed by atoms with van der Waals surface area (Å²) in [6.45, 7) is 2.11. The molecule has 1 aliphatic rings. The van der Waals surface area contributed by atoms with Gasteiger partial charge in [0.2, 0.25) is 11.7 Å². The monoisotopic (exact) mass is 267 g/mol. The molecule has 5 heteroatoms. The topological polar surface area (TPSA) is 74.2 Å².